The SMILES string of the molecule is CCOCCCNC(=O)c1ccc(C)c(NC(=O)c2ccccc2)c1. The molecule has 0 aliphatic carbocycles. The number of ether oxygens (including phenoxy) is 1. The molecule has 0 atom stereocenters. The van der Waals surface area contributed by atoms with E-state index in [2.05, 4.69) is 10.6 Å². The fraction of sp³-hybridized carbons (Fsp3) is 0.300. The molecule has 132 valence electrons. The van der Waals surface area contributed by atoms with Crippen molar-refractivity contribution in [3.63, 3.8) is 0 Å². The Bertz CT molecular complexity index is 714. The second kappa shape index (κ2) is 9.59. The topological polar surface area (TPSA) is 67.4 Å². The van der Waals surface area contributed by atoms with Crippen molar-refractivity contribution < 1.29 is 14.3 Å². The van der Waals surface area contributed by atoms with Crippen molar-refractivity contribution in [2.24, 2.45) is 0 Å². The van der Waals surface area contributed by atoms with Crippen LogP contribution >= 0.6 is 0 Å². The van der Waals surface area contributed by atoms with Gasteiger partial charge in [0.1, 0.15) is 0 Å². The first-order valence-electron chi connectivity index (χ1n) is 8.44. The van der Waals surface area contributed by atoms with Crippen molar-refractivity contribution in [2.45, 2.75) is 20.3 Å². The molecule has 25 heavy (non-hydrogen) atoms. The maximum Gasteiger partial charge on any atom is 0.255 e. The highest BCUT2D eigenvalue weighted by atomic mass is 16.5. The Morgan fingerprint density at radius 1 is 1.00 bits per heavy atom. The van der Waals surface area contributed by atoms with Crippen LogP contribution in [0.5, 0.6) is 0 Å². The fourth-order valence-corrected chi connectivity index (χ4v) is 2.30. The molecule has 0 saturated carbocycles. The summed E-state index contributed by atoms with van der Waals surface area (Å²) in [5.41, 5.74) is 2.63. The van der Waals surface area contributed by atoms with Crippen molar-refractivity contribution in [1.29, 1.82) is 0 Å². The van der Waals surface area contributed by atoms with Gasteiger partial charge in [-0.1, -0.05) is 24.3 Å². The van der Waals surface area contributed by atoms with Crippen LogP contribution in [-0.4, -0.2) is 31.6 Å². The highest BCUT2D eigenvalue weighted by molar-refractivity contribution is 6.05. The molecule has 0 bridgehead atoms. The lowest BCUT2D eigenvalue weighted by Crippen LogP contribution is -2.25. The number of hydrogen-bond donors (Lipinski definition) is 2. The fourth-order valence-electron chi connectivity index (χ4n) is 2.30. The number of amides is 2. The Hall–Kier alpha value is -2.66. The smallest absolute Gasteiger partial charge is 0.255 e. The van der Waals surface area contributed by atoms with Gasteiger partial charge in [0.2, 0.25) is 0 Å². The molecule has 2 N–H and O–H groups in total. The van der Waals surface area contributed by atoms with Crippen molar-refractivity contribution in [3.8, 4) is 0 Å². The number of nitrogens with one attached hydrogen (secondary N) is 2. The van der Waals surface area contributed by atoms with Crippen molar-refractivity contribution in [3.05, 3.63) is 65.2 Å². The van der Waals surface area contributed by atoms with E-state index in [-0.39, 0.29) is 11.8 Å². The monoisotopic (exact) mass is 340 g/mol. The first kappa shape index (κ1) is 18.7. The summed E-state index contributed by atoms with van der Waals surface area (Å²) in [7, 11) is 0. The molecule has 2 aromatic carbocycles. The number of aryl methyl sites for hydroxylation is 1. The van der Waals surface area contributed by atoms with Crippen LogP contribution in [0.4, 0.5) is 5.69 Å². The van der Waals surface area contributed by atoms with Gasteiger partial charge in [0.25, 0.3) is 11.8 Å². The molecule has 2 amide bonds. The van der Waals surface area contributed by atoms with Crippen LogP contribution in [0.2, 0.25) is 0 Å². The third-order valence-electron chi connectivity index (χ3n) is 3.74. The van der Waals surface area contributed by atoms with Gasteiger partial charge >= 0.3 is 0 Å². The van der Waals surface area contributed by atoms with E-state index in [1.807, 2.05) is 38.1 Å². The van der Waals surface area contributed by atoms with Crippen LogP contribution in [0.15, 0.2) is 48.5 Å². The first-order chi connectivity index (χ1) is 12.1. The normalized spacial score (nSPS) is 10.3. The molecule has 0 saturated heterocycles. The lowest BCUT2D eigenvalue weighted by atomic mass is 10.1. The summed E-state index contributed by atoms with van der Waals surface area (Å²) in [5.74, 6) is -0.357. The molecular weight excluding hydrogens is 316 g/mol. The standard InChI is InChI=1S/C20H24N2O3/c1-3-25-13-7-12-21-19(23)17-11-10-15(2)18(14-17)22-20(24)16-8-5-4-6-9-16/h4-6,8-11,14H,3,7,12-13H2,1-2H3,(H,21,23)(H,22,24). The number of carbonyl (C=O) groups is 2. The molecule has 2 rings (SSSR count). The highest BCUT2D eigenvalue weighted by Gasteiger charge is 2.11. The van der Waals surface area contributed by atoms with Crippen LogP contribution in [0, 0.1) is 6.92 Å². The number of anilines is 1. The summed E-state index contributed by atoms with van der Waals surface area (Å²) in [6, 6.07) is 14.3. The van der Waals surface area contributed by atoms with Gasteiger partial charge in [-0.25, -0.2) is 0 Å². The Kier molecular flexibility index (Phi) is 7.16. The Morgan fingerprint density at radius 2 is 1.76 bits per heavy atom. The van der Waals surface area contributed by atoms with Gasteiger partial charge in [-0.2, -0.15) is 0 Å². The lowest BCUT2D eigenvalue weighted by molar-refractivity contribution is 0.0943. The average molecular weight is 340 g/mol. The Morgan fingerprint density at radius 3 is 2.48 bits per heavy atom. The van der Waals surface area contributed by atoms with E-state index in [0.717, 1.165) is 12.0 Å². The second-order valence-electron chi connectivity index (χ2n) is 5.66. The highest BCUT2D eigenvalue weighted by Crippen LogP contribution is 2.18. The summed E-state index contributed by atoms with van der Waals surface area (Å²) in [4.78, 5) is 24.5. The predicted molar refractivity (Wildman–Crippen MR) is 99.0 cm³/mol. The molecule has 0 radical (unpaired) electrons. The first-order valence-corrected chi connectivity index (χ1v) is 8.44. The minimum atomic E-state index is -0.196. The Balaban J connectivity index is 1.99. The second-order valence-corrected chi connectivity index (χ2v) is 5.66. The molecular formula is C20H24N2O3. The molecule has 0 fully saturated rings. The molecule has 5 nitrogen and oxygen atoms in total. The summed E-state index contributed by atoms with van der Waals surface area (Å²) in [5, 5.41) is 5.72. The molecule has 0 aliphatic rings. The van der Waals surface area contributed by atoms with E-state index in [9.17, 15) is 9.59 Å². The molecule has 2 aromatic rings. The maximum absolute atomic E-state index is 12.3. The summed E-state index contributed by atoms with van der Waals surface area (Å²) in [6.07, 6.45) is 0.767. The average Bonchev–Trinajstić information content (AvgIpc) is 2.64. The van der Waals surface area contributed by atoms with Crippen molar-refractivity contribution in [1.82, 2.24) is 5.32 Å². The minimum absolute atomic E-state index is 0.160. The van der Waals surface area contributed by atoms with Gasteiger partial charge in [-0.15, -0.1) is 0 Å². The van der Waals surface area contributed by atoms with E-state index in [4.69, 9.17) is 4.74 Å². The molecule has 0 aromatic heterocycles. The van der Waals surface area contributed by atoms with E-state index in [1.165, 1.54) is 0 Å². The van der Waals surface area contributed by atoms with Crippen LogP contribution in [0.3, 0.4) is 0 Å². The van der Waals surface area contributed by atoms with E-state index in [1.54, 1.807) is 24.3 Å². The van der Waals surface area contributed by atoms with Gasteiger partial charge in [0.05, 0.1) is 0 Å². The number of rotatable bonds is 8. The number of benzene rings is 2. The predicted octanol–water partition coefficient (Wildman–Crippen LogP) is 3.40. The van der Waals surface area contributed by atoms with E-state index in [0.29, 0.717) is 36.6 Å². The minimum Gasteiger partial charge on any atom is -0.382 e. The zero-order chi connectivity index (χ0) is 18.1. The van der Waals surface area contributed by atoms with Gasteiger partial charge in [0.15, 0.2) is 0 Å². The van der Waals surface area contributed by atoms with E-state index < -0.39 is 0 Å². The number of carbonyl (C=O) groups excluding carboxylic acids is 2. The number of hydrogen-bond acceptors (Lipinski definition) is 3. The summed E-state index contributed by atoms with van der Waals surface area (Å²) >= 11 is 0. The molecule has 0 aliphatic heterocycles. The van der Waals surface area contributed by atoms with Gasteiger partial charge in [-0.3, -0.25) is 9.59 Å². The zero-order valence-corrected chi connectivity index (χ0v) is 14.7. The van der Waals surface area contributed by atoms with Gasteiger partial charge < -0.3 is 15.4 Å². The van der Waals surface area contributed by atoms with Crippen LogP contribution in [-0.2, 0) is 4.74 Å². The Labute approximate surface area is 148 Å². The summed E-state index contributed by atoms with van der Waals surface area (Å²) < 4.78 is 5.24. The zero-order valence-electron chi connectivity index (χ0n) is 14.7. The molecule has 5 heteroatoms. The quantitative estimate of drug-likeness (QED) is 0.724. The van der Waals surface area contributed by atoms with E-state index >= 15 is 0 Å². The van der Waals surface area contributed by atoms with Crippen molar-refractivity contribution in [2.75, 3.05) is 25.1 Å². The summed E-state index contributed by atoms with van der Waals surface area (Å²) in [6.45, 7) is 5.69. The molecule has 0 unspecified atom stereocenters. The third kappa shape index (κ3) is 5.72. The van der Waals surface area contributed by atoms with Crippen LogP contribution in [0.25, 0.3) is 0 Å². The third-order valence-corrected chi connectivity index (χ3v) is 3.74. The van der Waals surface area contributed by atoms with Gasteiger partial charge in [0, 0.05) is 36.6 Å². The largest absolute Gasteiger partial charge is 0.382 e. The van der Waals surface area contributed by atoms with Crippen molar-refractivity contribution >= 4 is 17.5 Å². The van der Waals surface area contributed by atoms with Gasteiger partial charge in [-0.05, 0) is 50.1 Å². The van der Waals surface area contributed by atoms with Crippen LogP contribution in [0.1, 0.15) is 39.6 Å². The maximum atomic E-state index is 12.3. The lowest BCUT2D eigenvalue weighted by Gasteiger charge is -2.11. The van der Waals surface area contributed by atoms with Crippen LogP contribution < -0.4 is 10.6 Å². The molecule has 0 spiro atoms. The molecule has 0 heterocycles.